The number of rotatable bonds is 8. The third-order valence-corrected chi connectivity index (χ3v) is 3.12. The van der Waals surface area contributed by atoms with Crippen LogP contribution < -0.4 is 27.4 Å². The Kier molecular flexibility index (Phi) is 8.60. The molecule has 0 saturated heterocycles. The molecule has 23 heavy (non-hydrogen) atoms. The molecular weight excluding hydrogens is 298 g/mol. The van der Waals surface area contributed by atoms with Crippen molar-refractivity contribution in [2.24, 2.45) is 17.4 Å². The summed E-state index contributed by atoms with van der Waals surface area (Å²) in [6.07, 6.45) is 0.876. The van der Waals surface area contributed by atoms with Crippen LogP contribution in [0.25, 0.3) is 0 Å². The van der Waals surface area contributed by atoms with Gasteiger partial charge < -0.3 is 27.4 Å². The monoisotopic (exact) mass is 329 g/mol. The molecule has 0 heterocycles. The summed E-state index contributed by atoms with van der Waals surface area (Å²) < 4.78 is 0. The number of nitrogens with two attached hydrogens (primary N) is 2. The van der Waals surface area contributed by atoms with Gasteiger partial charge in [-0.2, -0.15) is 0 Å². The third kappa shape index (κ3) is 9.72. The van der Waals surface area contributed by atoms with Crippen molar-refractivity contribution in [3.8, 4) is 0 Å². The maximum absolute atomic E-state index is 12.3. The maximum atomic E-state index is 12.3. The van der Waals surface area contributed by atoms with Gasteiger partial charge in [0.25, 0.3) is 0 Å². The Labute approximate surface area is 138 Å². The molecule has 0 aliphatic carbocycles. The molecule has 8 nitrogen and oxygen atoms in total. The van der Waals surface area contributed by atoms with E-state index in [1.54, 1.807) is 0 Å². The average Bonchev–Trinajstić information content (AvgIpc) is 2.38. The number of urea groups is 1. The van der Waals surface area contributed by atoms with Crippen LogP contribution >= 0.6 is 0 Å². The van der Waals surface area contributed by atoms with Gasteiger partial charge in [0.15, 0.2) is 0 Å². The minimum absolute atomic E-state index is 0.0298. The molecule has 0 fully saturated rings. The van der Waals surface area contributed by atoms with Gasteiger partial charge in [-0.3, -0.25) is 9.59 Å². The van der Waals surface area contributed by atoms with Crippen LogP contribution in [-0.2, 0) is 9.59 Å². The Morgan fingerprint density at radius 1 is 1.09 bits per heavy atom. The highest BCUT2D eigenvalue weighted by Crippen LogP contribution is 2.05. The van der Waals surface area contributed by atoms with Crippen molar-refractivity contribution in [3.63, 3.8) is 0 Å². The van der Waals surface area contributed by atoms with E-state index in [1.165, 1.54) is 0 Å². The Bertz CT molecular complexity index is 418. The summed E-state index contributed by atoms with van der Waals surface area (Å²) in [6.45, 7) is 9.59. The standard InChI is InChI=1S/C15H31N5O3/c1-9(2)11(16)13(22)19-10(7-6-8-18-14(17)23)12(21)20-15(3,4)5/h9-11H,6-8,16H2,1-5H3,(H,19,22)(H,20,21)(H3,17,18,23)/t10-,11?/m0/s1. The second kappa shape index (κ2) is 9.34. The van der Waals surface area contributed by atoms with Crippen LogP contribution in [0.5, 0.6) is 0 Å². The van der Waals surface area contributed by atoms with Gasteiger partial charge in [0, 0.05) is 12.1 Å². The van der Waals surface area contributed by atoms with E-state index >= 15 is 0 Å². The van der Waals surface area contributed by atoms with Gasteiger partial charge >= 0.3 is 6.03 Å². The number of primary amides is 1. The number of carbonyl (C=O) groups excluding carboxylic acids is 3. The van der Waals surface area contributed by atoms with Gasteiger partial charge in [0.2, 0.25) is 11.8 Å². The lowest BCUT2D eigenvalue weighted by molar-refractivity contribution is -0.131. The number of amides is 4. The molecule has 0 aliphatic rings. The smallest absolute Gasteiger partial charge is 0.312 e. The molecule has 0 aromatic carbocycles. The molecule has 134 valence electrons. The molecule has 0 spiro atoms. The quantitative estimate of drug-likeness (QED) is 0.394. The van der Waals surface area contributed by atoms with Crippen LogP contribution in [0.2, 0.25) is 0 Å². The predicted octanol–water partition coefficient (Wildman–Crippen LogP) is -0.182. The minimum Gasteiger partial charge on any atom is -0.352 e. The topological polar surface area (TPSA) is 139 Å². The maximum Gasteiger partial charge on any atom is 0.312 e. The van der Waals surface area contributed by atoms with Crippen LogP contribution in [-0.4, -0.2) is 42.0 Å². The Balaban J connectivity index is 4.75. The molecule has 0 radical (unpaired) electrons. The van der Waals surface area contributed by atoms with Gasteiger partial charge in [-0.05, 0) is 39.5 Å². The molecular formula is C15H31N5O3. The molecule has 1 unspecified atom stereocenters. The molecule has 8 heteroatoms. The second-order valence-corrected chi connectivity index (χ2v) is 7.00. The lowest BCUT2D eigenvalue weighted by Gasteiger charge is -2.27. The van der Waals surface area contributed by atoms with Gasteiger partial charge in [-0.15, -0.1) is 0 Å². The normalized spacial score (nSPS) is 14.0. The van der Waals surface area contributed by atoms with Crippen LogP contribution in [0.3, 0.4) is 0 Å². The summed E-state index contributed by atoms with van der Waals surface area (Å²) in [7, 11) is 0. The molecule has 2 atom stereocenters. The van der Waals surface area contributed by atoms with E-state index in [0.29, 0.717) is 19.4 Å². The van der Waals surface area contributed by atoms with E-state index < -0.39 is 23.7 Å². The first-order chi connectivity index (χ1) is 10.4. The summed E-state index contributed by atoms with van der Waals surface area (Å²) in [6, 6.07) is -2.00. The van der Waals surface area contributed by atoms with Crippen LogP contribution in [0.4, 0.5) is 4.79 Å². The van der Waals surface area contributed by atoms with Crippen molar-refractivity contribution in [2.45, 2.75) is 65.1 Å². The fourth-order valence-corrected chi connectivity index (χ4v) is 1.81. The molecule has 0 aliphatic heterocycles. The zero-order valence-electron chi connectivity index (χ0n) is 14.7. The van der Waals surface area contributed by atoms with Gasteiger partial charge in [0.1, 0.15) is 6.04 Å². The van der Waals surface area contributed by atoms with Gasteiger partial charge in [-0.25, -0.2) is 4.79 Å². The zero-order chi connectivity index (χ0) is 18.2. The average molecular weight is 329 g/mol. The second-order valence-electron chi connectivity index (χ2n) is 7.00. The molecule has 0 rings (SSSR count). The lowest BCUT2D eigenvalue weighted by Crippen LogP contribution is -2.55. The van der Waals surface area contributed by atoms with Crippen molar-refractivity contribution in [2.75, 3.05) is 6.54 Å². The minimum atomic E-state index is -0.707. The highest BCUT2D eigenvalue weighted by atomic mass is 16.2. The van der Waals surface area contributed by atoms with E-state index in [4.69, 9.17) is 11.5 Å². The van der Waals surface area contributed by atoms with Crippen molar-refractivity contribution in [1.29, 1.82) is 0 Å². The van der Waals surface area contributed by atoms with E-state index in [9.17, 15) is 14.4 Å². The summed E-state index contributed by atoms with van der Waals surface area (Å²) in [5.74, 6) is -0.671. The van der Waals surface area contributed by atoms with E-state index in [1.807, 2.05) is 34.6 Å². The van der Waals surface area contributed by atoms with Crippen molar-refractivity contribution in [3.05, 3.63) is 0 Å². The number of nitrogens with one attached hydrogen (secondary N) is 3. The van der Waals surface area contributed by atoms with Crippen molar-refractivity contribution >= 4 is 17.8 Å². The predicted molar refractivity (Wildman–Crippen MR) is 89.5 cm³/mol. The number of carbonyl (C=O) groups is 3. The van der Waals surface area contributed by atoms with Crippen LogP contribution in [0.1, 0.15) is 47.5 Å². The van der Waals surface area contributed by atoms with Crippen molar-refractivity contribution < 1.29 is 14.4 Å². The van der Waals surface area contributed by atoms with E-state index in [2.05, 4.69) is 16.0 Å². The first-order valence-electron chi connectivity index (χ1n) is 7.85. The fourth-order valence-electron chi connectivity index (χ4n) is 1.81. The summed E-state index contributed by atoms with van der Waals surface area (Å²) in [4.78, 5) is 35.1. The SMILES string of the molecule is CC(C)C(N)C(=O)N[C@@H](CCCNC(N)=O)C(=O)NC(C)(C)C. The largest absolute Gasteiger partial charge is 0.352 e. The highest BCUT2D eigenvalue weighted by Gasteiger charge is 2.27. The Morgan fingerprint density at radius 2 is 1.65 bits per heavy atom. The molecule has 0 aromatic rings. The summed E-state index contributed by atoms with van der Waals surface area (Å²) in [5.41, 5.74) is 10.4. The molecule has 7 N–H and O–H groups in total. The molecule has 4 amide bonds. The Hall–Kier alpha value is -1.83. The van der Waals surface area contributed by atoms with Gasteiger partial charge in [0.05, 0.1) is 6.04 Å². The summed E-state index contributed by atoms with van der Waals surface area (Å²) >= 11 is 0. The molecule has 0 saturated carbocycles. The van der Waals surface area contributed by atoms with Crippen LogP contribution in [0, 0.1) is 5.92 Å². The fraction of sp³-hybridized carbons (Fsp3) is 0.800. The number of hydrogen-bond donors (Lipinski definition) is 5. The first kappa shape index (κ1) is 21.2. The van der Waals surface area contributed by atoms with E-state index in [-0.39, 0.29) is 17.7 Å². The molecule has 0 bridgehead atoms. The zero-order valence-corrected chi connectivity index (χ0v) is 14.7. The molecule has 0 aromatic heterocycles. The van der Waals surface area contributed by atoms with Gasteiger partial charge in [-0.1, -0.05) is 13.8 Å². The third-order valence-electron chi connectivity index (χ3n) is 3.12. The number of hydrogen-bond acceptors (Lipinski definition) is 4. The van der Waals surface area contributed by atoms with Crippen LogP contribution in [0.15, 0.2) is 0 Å². The summed E-state index contributed by atoms with van der Waals surface area (Å²) in [5, 5.41) is 7.98. The van der Waals surface area contributed by atoms with Crippen molar-refractivity contribution in [1.82, 2.24) is 16.0 Å². The lowest BCUT2D eigenvalue weighted by atomic mass is 10.0. The highest BCUT2D eigenvalue weighted by molar-refractivity contribution is 5.90. The first-order valence-corrected chi connectivity index (χ1v) is 7.85. The van der Waals surface area contributed by atoms with E-state index in [0.717, 1.165) is 0 Å². The Morgan fingerprint density at radius 3 is 2.09 bits per heavy atom.